The Balaban J connectivity index is 1.70. The average molecular weight is 300 g/mol. The van der Waals surface area contributed by atoms with Crippen LogP contribution in [0.4, 0.5) is 5.69 Å². The number of ether oxygens (including phenoxy) is 1. The molecule has 104 valence electrons. The van der Waals surface area contributed by atoms with Gasteiger partial charge in [-0.3, -0.25) is 9.59 Å². The molecule has 4 rings (SSSR count). The summed E-state index contributed by atoms with van der Waals surface area (Å²) in [6.07, 6.45) is -0.776. The molecule has 2 aromatic carbocycles. The van der Waals surface area contributed by atoms with E-state index in [2.05, 4.69) is 5.32 Å². The number of para-hydroxylation sites is 1. The Kier molecular flexibility index (Phi) is 2.49. The maximum Gasteiger partial charge on any atom is 0.264 e. The number of carbonyl (C=O) groups excluding carboxylic acids is 2. The topological polar surface area (TPSA) is 58.7 Å². The summed E-state index contributed by atoms with van der Waals surface area (Å²) in [6, 6.07) is 13.8. The highest BCUT2D eigenvalue weighted by Gasteiger charge is 2.70. The van der Waals surface area contributed by atoms with Crippen LogP contribution in [-0.4, -0.2) is 17.8 Å². The summed E-state index contributed by atoms with van der Waals surface area (Å²) in [5.74, 6) is -0.491. The van der Waals surface area contributed by atoms with Crippen LogP contribution in [0.25, 0.3) is 0 Å². The minimum atomic E-state index is -1.16. The van der Waals surface area contributed by atoms with Crippen LogP contribution >= 0.6 is 11.6 Å². The first kappa shape index (κ1) is 12.6. The zero-order chi connectivity index (χ0) is 14.6. The molecule has 2 aliphatic rings. The van der Waals surface area contributed by atoms with Crippen LogP contribution in [0, 0.1) is 0 Å². The Hall–Kier alpha value is -2.17. The molecule has 0 unspecified atom stereocenters. The molecule has 0 bridgehead atoms. The maximum atomic E-state index is 12.5. The van der Waals surface area contributed by atoms with Gasteiger partial charge in [0.15, 0.2) is 11.9 Å². The smallest absolute Gasteiger partial charge is 0.264 e. The zero-order valence-electron chi connectivity index (χ0n) is 10.8. The lowest BCUT2D eigenvalue weighted by atomic mass is 9.92. The molecule has 2 atom stereocenters. The number of halogens is 1. The Labute approximate surface area is 125 Å². The molecule has 1 fully saturated rings. The number of anilines is 1. The van der Waals surface area contributed by atoms with Gasteiger partial charge in [0.25, 0.3) is 5.91 Å². The number of hydrogen-bond donors (Lipinski definition) is 1. The lowest BCUT2D eigenvalue weighted by Gasteiger charge is -2.02. The van der Waals surface area contributed by atoms with E-state index >= 15 is 0 Å². The predicted octanol–water partition coefficient (Wildman–Crippen LogP) is 2.77. The number of nitrogens with one attached hydrogen (secondary N) is 1. The van der Waals surface area contributed by atoms with Crippen molar-refractivity contribution in [2.75, 3.05) is 5.32 Å². The van der Waals surface area contributed by atoms with E-state index in [9.17, 15) is 9.59 Å². The number of benzene rings is 2. The van der Waals surface area contributed by atoms with Crippen molar-refractivity contribution in [3.63, 3.8) is 0 Å². The highest BCUT2D eigenvalue weighted by molar-refractivity contribution is 6.30. The molecule has 4 nitrogen and oxygen atoms in total. The minimum absolute atomic E-state index is 0.210. The van der Waals surface area contributed by atoms with Crippen molar-refractivity contribution >= 4 is 29.0 Å². The highest BCUT2D eigenvalue weighted by Crippen LogP contribution is 2.54. The van der Waals surface area contributed by atoms with Crippen LogP contribution in [0.15, 0.2) is 48.5 Å². The molecule has 0 aromatic heterocycles. The van der Waals surface area contributed by atoms with E-state index in [1.54, 1.807) is 30.3 Å². The van der Waals surface area contributed by atoms with Gasteiger partial charge in [0.1, 0.15) is 0 Å². The molecule has 2 heterocycles. The first-order valence-electron chi connectivity index (χ1n) is 6.51. The van der Waals surface area contributed by atoms with Crippen molar-refractivity contribution in [3.8, 4) is 0 Å². The molecule has 0 saturated carbocycles. The number of amides is 1. The van der Waals surface area contributed by atoms with E-state index in [-0.39, 0.29) is 11.7 Å². The molecule has 2 aliphatic heterocycles. The van der Waals surface area contributed by atoms with Gasteiger partial charge in [-0.2, -0.15) is 0 Å². The molecule has 1 amide bonds. The normalized spacial score (nSPS) is 25.6. The first-order valence-corrected chi connectivity index (χ1v) is 6.89. The molecule has 1 saturated heterocycles. The van der Waals surface area contributed by atoms with Gasteiger partial charge in [-0.15, -0.1) is 0 Å². The second kappa shape index (κ2) is 4.16. The van der Waals surface area contributed by atoms with E-state index in [1.165, 1.54) is 0 Å². The number of rotatable bonds is 2. The Morgan fingerprint density at radius 1 is 1.14 bits per heavy atom. The number of epoxide rings is 1. The van der Waals surface area contributed by atoms with Gasteiger partial charge in [-0.05, 0) is 30.3 Å². The largest absolute Gasteiger partial charge is 0.342 e. The molecule has 21 heavy (non-hydrogen) atoms. The van der Waals surface area contributed by atoms with Crippen LogP contribution in [0.3, 0.4) is 0 Å². The number of Topliss-reactive ketones (excluding diaryl/α,β-unsaturated/α-hetero) is 1. The van der Waals surface area contributed by atoms with E-state index in [4.69, 9.17) is 16.3 Å². The molecule has 0 radical (unpaired) electrons. The number of hydrogen-bond acceptors (Lipinski definition) is 3. The summed E-state index contributed by atoms with van der Waals surface area (Å²) >= 11 is 5.82. The van der Waals surface area contributed by atoms with Crippen LogP contribution in [0.2, 0.25) is 5.02 Å². The third-order valence-corrected chi connectivity index (χ3v) is 4.15. The number of ketones is 1. The summed E-state index contributed by atoms with van der Waals surface area (Å²) in [5.41, 5.74) is 0.752. The maximum absolute atomic E-state index is 12.5. The molecule has 1 N–H and O–H groups in total. The molecule has 1 spiro atoms. The van der Waals surface area contributed by atoms with Gasteiger partial charge < -0.3 is 10.1 Å². The predicted molar refractivity (Wildman–Crippen MR) is 77.4 cm³/mol. The second-order valence-electron chi connectivity index (χ2n) is 5.10. The van der Waals surface area contributed by atoms with Crippen LogP contribution in [0.5, 0.6) is 0 Å². The van der Waals surface area contributed by atoms with Gasteiger partial charge in [-0.25, -0.2) is 0 Å². The van der Waals surface area contributed by atoms with Crippen LogP contribution < -0.4 is 5.32 Å². The third kappa shape index (κ3) is 1.66. The average Bonchev–Trinajstić information content (AvgIpc) is 3.18. The SMILES string of the molecule is O=C(c1ccc(Cl)cc1)[C@@H]1O[C@]12C(=O)Nc1ccccc12. The Bertz CT molecular complexity index is 771. The second-order valence-corrected chi connectivity index (χ2v) is 5.54. The summed E-state index contributed by atoms with van der Waals surface area (Å²) in [6.45, 7) is 0. The van der Waals surface area contributed by atoms with Crippen molar-refractivity contribution in [1.82, 2.24) is 0 Å². The fourth-order valence-electron chi connectivity index (χ4n) is 2.79. The van der Waals surface area contributed by atoms with Gasteiger partial charge in [0.05, 0.1) is 0 Å². The van der Waals surface area contributed by atoms with E-state index in [0.717, 1.165) is 5.56 Å². The van der Waals surface area contributed by atoms with Crippen molar-refractivity contribution in [2.24, 2.45) is 0 Å². The van der Waals surface area contributed by atoms with Crippen LogP contribution in [-0.2, 0) is 15.1 Å². The Morgan fingerprint density at radius 2 is 1.86 bits per heavy atom. The third-order valence-electron chi connectivity index (χ3n) is 3.90. The number of fused-ring (bicyclic) bond motifs is 2. The molecule has 5 heteroatoms. The van der Waals surface area contributed by atoms with Gasteiger partial charge >= 0.3 is 0 Å². The molecular formula is C16H10ClNO3. The van der Waals surface area contributed by atoms with Gasteiger partial charge in [0, 0.05) is 21.8 Å². The standard InChI is InChI=1S/C16H10ClNO3/c17-10-7-5-9(6-8-10)13(19)14-16(21-14)11-3-1-2-4-12(11)18-15(16)20/h1-8,14H,(H,18,20)/t14-,16-/m0/s1. The first-order chi connectivity index (χ1) is 10.1. The summed E-state index contributed by atoms with van der Waals surface area (Å²) in [5, 5.41) is 3.32. The van der Waals surface area contributed by atoms with Gasteiger partial charge in [-0.1, -0.05) is 29.8 Å². The van der Waals surface area contributed by atoms with Crippen molar-refractivity contribution in [1.29, 1.82) is 0 Å². The lowest BCUT2D eigenvalue weighted by Crippen LogP contribution is -2.27. The van der Waals surface area contributed by atoms with Crippen molar-refractivity contribution in [2.45, 2.75) is 11.7 Å². The van der Waals surface area contributed by atoms with E-state index in [0.29, 0.717) is 16.3 Å². The minimum Gasteiger partial charge on any atom is -0.342 e. The fourth-order valence-corrected chi connectivity index (χ4v) is 2.91. The monoisotopic (exact) mass is 299 g/mol. The summed E-state index contributed by atoms with van der Waals surface area (Å²) in [4.78, 5) is 24.7. The fraction of sp³-hybridized carbons (Fsp3) is 0.125. The zero-order valence-corrected chi connectivity index (χ0v) is 11.6. The number of carbonyl (C=O) groups is 2. The molecular weight excluding hydrogens is 290 g/mol. The summed E-state index contributed by atoms with van der Waals surface area (Å²) in [7, 11) is 0. The van der Waals surface area contributed by atoms with E-state index in [1.807, 2.05) is 18.2 Å². The summed E-state index contributed by atoms with van der Waals surface area (Å²) < 4.78 is 5.56. The quantitative estimate of drug-likeness (QED) is 0.685. The highest BCUT2D eigenvalue weighted by atomic mass is 35.5. The lowest BCUT2D eigenvalue weighted by molar-refractivity contribution is -0.120. The van der Waals surface area contributed by atoms with Gasteiger partial charge in [0.2, 0.25) is 5.60 Å². The molecule has 0 aliphatic carbocycles. The van der Waals surface area contributed by atoms with E-state index < -0.39 is 11.7 Å². The van der Waals surface area contributed by atoms with Crippen molar-refractivity contribution < 1.29 is 14.3 Å². The van der Waals surface area contributed by atoms with Crippen LogP contribution in [0.1, 0.15) is 15.9 Å². The van der Waals surface area contributed by atoms with Crippen molar-refractivity contribution in [3.05, 3.63) is 64.7 Å². The molecule has 2 aromatic rings. The Morgan fingerprint density at radius 3 is 2.62 bits per heavy atom.